The first-order chi connectivity index (χ1) is 9.65. The van der Waals surface area contributed by atoms with Crippen LogP contribution in [0.3, 0.4) is 0 Å². The fourth-order valence-electron chi connectivity index (χ4n) is 2.35. The average molecular weight is 337 g/mol. The van der Waals surface area contributed by atoms with E-state index in [0.717, 1.165) is 16.6 Å². The number of nitrogens with zero attached hydrogens (tertiary/aromatic N) is 2. The van der Waals surface area contributed by atoms with E-state index in [1.807, 2.05) is 24.3 Å². The summed E-state index contributed by atoms with van der Waals surface area (Å²) in [5.41, 5.74) is 1.68. The van der Waals surface area contributed by atoms with Gasteiger partial charge >= 0.3 is 5.97 Å². The summed E-state index contributed by atoms with van der Waals surface area (Å²) in [7, 11) is 0. The van der Waals surface area contributed by atoms with Crippen LogP contribution in [0.4, 0.5) is 0 Å². The Labute approximate surface area is 124 Å². The third-order valence-corrected chi connectivity index (χ3v) is 3.86. The van der Waals surface area contributed by atoms with E-state index < -0.39 is 5.97 Å². The molecule has 1 atom stereocenters. The molecule has 0 aliphatic carbocycles. The van der Waals surface area contributed by atoms with Crippen LogP contribution in [0.2, 0.25) is 0 Å². The van der Waals surface area contributed by atoms with Crippen molar-refractivity contribution in [1.82, 2.24) is 9.78 Å². The lowest BCUT2D eigenvalue weighted by molar-refractivity contribution is 0.0695. The van der Waals surface area contributed by atoms with E-state index in [2.05, 4.69) is 21.0 Å². The quantitative estimate of drug-likeness (QED) is 0.935. The number of hydrogen-bond acceptors (Lipinski definition) is 3. The molecule has 1 aliphatic heterocycles. The smallest absolute Gasteiger partial charge is 0.339 e. The van der Waals surface area contributed by atoms with Crippen molar-refractivity contribution in [2.75, 3.05) is 13.2 Å². The molecule has 3 rings (SSSR count). The lowest BCUT2D eigenvalue weighted by Gasteiger charge is -2.05. The minimum absolute atomic E-state index is 0.0644. The Bertz CT molecular complexity index is 648. The van der Waals surface area contributed by atoms with Gasteiger partial charge in [-0.05, 0) is 24.6 Å². The SMILES string of the molecule is O=C(O)c1cn(-c2cccc(Br)c2)nc1C1CCOC1. The number of aromatic carboxylic acids is 1. The van der Waals surface area contributed by atoms with Crippen molar-refractivity contribution in [3.63, 3.8) is 0 Å². The van der Waals surface area contributed by atoms with E-state index in [1.165, 1.54) is 0 Å². The van der Waals surface area contributed by atoms with Crippen LogP contribution in [0.25, 0.3) is 5.69 Å². The predicted octanol–water partition coefficient (Wildman–Crippen LogP) is 2.84. The highest BCUT2D eigenvalue weighted by Gasteiger charge is 2.27. The zero-order valence-corrected chi connectivity index (χ0v) is 12.2. The molecule has 0 amide bonds. The summed E-state index contributed by atoms with van der Waals surface area (Å²) < 4.78 is 7.87. The van der Waals surface area contributed by atoms with Gasteiger partial charge in [-0.2, -0.15) is 5.10 Å². The van der Waals surface area contributed by atoms with E-state index in [0.29, 0.717) is 18.9 Å². The molecule has 0 spiro atoms. The Balaban J connectivity index is 2.05. The zero-order valence-electron chi connectivity index (χ0n) is 10.6. The molecule has 0 saturated carbocycles. The molecular formula is C14H13BrN2O3. The van der Waals surface area contributed by atoms with Crippen LogP contribution >= 0.6 is 15.9 Å². The second kappa shape index (κ2) is 5.38. The van der Waals surface area contributed by atoms with E-state index in [1.54, 1.807) is 10.9 Å². The first kappa shape index (κ1) is 13.3. The summed E-state index contributed by atoms with van der Waals surface area (Å²) in [5, 5.41) is 13.8. The van der Waals surface area contributed by atoms with Gasteiger partial charge in [0.15, 0.2) is 0 Å². The highest BCUT2D eigenvalue weighted by Crippen LogP contribution is 2.28. The molecule has 1 saturated heterocycles. The maximum Gasteiger partial charge on any atom is 0.339 e. The van der Waals surface area contributed by atoms with Gasteiger partial charge in [-0.15, -0.1) is 0 Å². The molecule has 1 aromatic carbocycles. The van der Waals surface area contributed by atoms with Gasteiger partial charge < -0.3 is 9.84 Å². The van der Waals surface area contributed by atoms with Gasteiger partial charge in [0.25, 0.3) is 0 Å². The maximum absolute atomic E-state index is 11.4. The monoisotopic (exact) mass is 336 g/mol. The molecule has 0 radical (unpaired) electrons. The minimum Gasteiger partial charge on any atom is -0.478 e. The van der Waals surface area contributed by atoms with Crippen molar-refractivity contribution in [3.05, 3.63) is 46.2 Å². The molecule has 1 N–H and O–H groups in total. The van der Waals surface area contributed by atoms with Crippen molar-refractivity contribution in [1.29, 1.82) is 0 Å². The first-order valence-electron chi connectivity index (χ1n) is 6.31. The number of carboxylic acids is 1. The van der Waals surface area contributed by atoms with Crippen molar-refractivity contribution in [2.45, 2.75) is 12.3 Å². The van der Waals surface area contributed by atoms with Crippen LogP contribution in [-0.2, 0) is 4.74 Å². The Morgan fingerprint density at radius 1 is 1.50 bits per heavy atom. The lowest BCUT2D eigenvalue weighted by Crippen LogP contribution is -2.06. The van der Waals surface area contributed by atoms with E-state index in [9.17, 15) is 9.90 Å². The van der Waals surface area contributed by atoms with Crippen molar-refractivity contribution >= 4 is 21.9 Å². The number of rotatable bonds is 3. The number of aromatic nitrogens is 2. The van der Waals surface area contributed by atoms with Gasteiger partial charge in [0.05, 0.1) is 18.0 Å². The standard InChI is InChI=1S/C14H13BrN2O3/c15-10-2-1-3-11(6-10)17-7-12(14(18)19)13(16-17)9-4-5-20-8-9/h1-3,6-7,9H,4-5,8H2,(H,18,19). The van der Waals surface area contributed by atoms with Gasteiger partial charge in [-0.1, -0.05) is 22.0 Å². The highest BCUT2D eigenvalue weighted by atomic mass is 79.9. The van der Waals surface area contributed by atoms with Crippen LogP contribution in [-0.4, -0.2) is 34.1 Å². The summed E-state index contributed by atoms with van der Waals surface area (Å²) in [6.45, 7) is 1.20. The van der Waals surface area contributed by atoms with E-state index in [4.69, 9.17) is 4.74 Å². The molecule has 2 heterocycles. The largest absolute Gasteiger partial charge is 0.478 e. The number of carboxylic acid groups (broad SMARTS) is 1. The third-order valence-electron chi connectivity index (χ3n) is 3.36. The minimum atomic E-state index is -0.951. The Hall–Kier alpha value is -1.66. The average Bonchev–Trinajstić information content (AvgIpc) is 3.08. The summed E-state index contributed by atoms with van der Waals surface area (Å²) in [5.74, 6) is -0.886. The molecule has 20 heavy (non-hydrogen) atoms. The van der Waals surface area contributed by atoms with Crippen LogP contribution in [0.15, 0.2) is 34.9 Å². The summed E-state index contributed by atoms with van der Waals surface area (Å²) in [4.78, 5) is 11.4. The van der Waals surface area contributed by atoms with Gasteiger partial charge in [0, 0.05) is 23.2 Å². The van der Waals surface area contributed by atoms with Crippen LogP contribution < -0.4 is 0 Å². The zero-order chi connectivity index (χ0) is 14.1. The van der Waals surface area contributed by atoms with Gasteiger partial charge in [0.1, 0.15) is 5.56 Å². The predicted molar refractivity (Wildman–Crippen MR) is 76.4 cm³/mol. The van der Waals surface area contributed by atoms with Crippen LogP contribution in [0.5, 0.6) is 0 Å². The molecule has 1 aromatic heterocycles. The molecule has 6 heteroatoms. The number of hydrogen-bond donors (Lipinski definition) is 1. The molecule has 1 aliphatic rings. The van der Waals surface area contributed by atoms with Gasteiger partial charge in [-0.25, -0.2) is 9.48 Å². The number of benzene rings is 1. The van der Waals surface area contributed by atoms with E-state index >= 15 is 0 Å². The molecule has 0 bridgehead atoms. The fourth-order valence-corrected chi connectivity index (χ4v) is 2.74. The number of carbonyl (C=O) groups is 1. The van der Waals surface area contributed by atoms with Crippen LogP contribution in [0.1, 0.15) is 28.4 Å². The first-order valence-corrected chi connectivity index (χ1v) is 7.11. The normalized spacial score (nSPS) is 18.4. The summed E-state index contributed by atoms with van der Waals surface area (Å²) in [6.07, 6.45) is 2.38. The van der Waals surface area contributed by atoms with Crippen molar-refractivity contribution in [2.24, 2.45) is 0 Å². The molecule has 1 unspecified atom stereocenters. The Kier molecular flexibility index (Phi) is 3.58. The molecule has 1 fully saturated rings. The van der Waals surface area contributed by atoms with Gasteiger partial charge in [-0.3, -0.25) is 0 Å². The lowest BCUT2D eigenvalue weighted by atomic mass is 10.0. The van der Waals surface area contributed by atoms with Crippen LogP contribution in [0, 0.1) is 0 Å². The Morgan fingerprint density at radius 2 is 2.35 bits per heavy atom. The fraction of sp³-hybridized carbons (Fsp3) is 0.286. The maximum atomic E-state index is 11.4. The number of halogens is 1. The second-order valence-corrected chi connectivity index (χ2v) is 5.63. The molecular weight excluding hydrogens is 324 g/mol. The number of ether oxygens (including phenoxy) is 1. The second-order valence-electron chi connectivity index (χ2n) is 4.72. The van der Waals surface area contributed by atoms with Gasteiger partial charge in [0.2, 0.25) is 0 Å². The summed E-state index contributed by atoms with van der Waals surface area (Å²) >= 11 is 3.40. The highest BCUT2D eigenvalue weighted by molar-refractivity contribution is 9.10. The Morgan fingerprint density at radius 3 is 3.00 bits per heavy atom. The molecule has 2 aromatic rings. The summed E-state index contributed by atoms with van der Waals surface area (Å²) in [6, 6.07) is 7.59. The van der Waals surface area contributed by atoms with Crippen molar-refractivity contribution < 1.29 is 14.6 Å². The topological polar surface area (TPSA) is 64.3 Å². The molecule has 5 nitrogen and oxygen atoms in total. The third kappa shape index (κ3) is 2.48. The van der Waals surface area contributed by atoms with Crippen molar-refractivity contribution in [3.8, 4) is 5.69 Å². The van der Waals surface area contributed by atoms with E-state index in [-0.39, 0.29) is 11.5 Å². The molecule has 104 valence electrons.